The Morgan fingerprint density at radius 1 is 0.600 bits per heavy atom. The zero-order valence-electron chi connectivity index (χ0n) is 22.5. The molecule has 2 heterocycles. The molecule has 6 rings (SSSR count). The second-order valence-corrected chi connectivity index (χ2v) is 10.6. The summed E-state index contributed by atoms with van der Waals surface area (Å²) in [6, 6.07) is 40.5. The molecule has 4 aromatic carbocycles. The van der Waals surface area contributed by atoms with Crippen LogP contribution >= 0.6 is 0 Å². The lowest BCUT2D eigenvalue weighted by Gasteiger charge is -2.28. The summed E-state index contributed by atoms with van der Waals surface area (Å²) in [6.07, 6.45) is -0.174. The first-order valence-electron chi connectivity index (χ1n) is 14.1. The number of carbonyl (C=O) groups excluding carboxylic acids is 1. The maximum Gasteiger partial charge on any atom is 0.224 e. The van der Waals surface area contributed by atoms with Crippen molar-refractivity contribution < 1.29 is 19.0 Å². The number of hydrogen-bond acceptors (Lipinski definition) is 4. The van der Waals surface area contributed by atoms with Crippen molar-refractivity contribution in [1.29, 1.82) is 0 Å². The van der Waals surface area contributed by atoms with Crippen LogP contribution in [-0.2, 0) is 38.8 Å². The number of carbonyl (C=O) groups is 1. The highest BCUT2D eigenvalue weighted by Crippen LogP contribution is 2.45. The molecule has 5 heteroatoms. The largest absolute Gasteiger partial charge is 0.375 e. The van der Waals surface area contributed by atoms with Crippen molar-refractivity contribution in [2.45, 2.75) is 56.5 Å². The number of nitrogens with zero attached hydrogens (tertiary/aromatic N) is 1. The molecule has 0 radical (unpaired) electrons. The zero-order valence-corrected chi connectivity index (χ0v) is 22.5. The molecule has 0 aliphatic carbocycles. The van der Waals surface area contributed by atoms with Crippen molar-refractivity contribution in [3.63, 3.8) is 0 Å². The van der Waals surface area contributed by atoms with Crippen LogP contribution in [0.3, 0.4) is 0 Å². The van der Waals surface area contributed by atoms with E-state index in [-0.39, 0.29) is 36.1 Å². The van der Waals surface area contributed by atoms with Gasteiger partial charge in [0, 0.05) is 12.3 Å². The third kappa shape index (κ3) is 5.87. The van der Waals surface area contributed by atoms with Crippen LogP contribution in [-0.4, -0.2) is 41.7 Å². The third-order valence-corrected chi connectivity index (χ3v) is 8.01. The van der Waals surface area contributed by atoms with Gasteiger partial charge in [-0.1, -0.05) is 121 Å². The Kier molecular flexibility index (Phi) is 8.33. The average molecular weight is 534 g/mol. The van der Waals surface area contributed by atoms with Crippen molar-refractivity contribution in [3.05, 3.63) is 144 Å². The monoisotopic (exact) mass is 533 g/mol. The van der Waals surface area contributed by atoms with Crippen molar-refractivity contribution in [1.82, 2.24) is 4.90 Å². The molecule has 2 saturated heterocycles. The van der Waals surface area contributed by atoms with E-state index in [9.17, 15) is 4.79 Å². The smallest absolute Gasteiger partial charge is 0.224 e. The minimum absolute atomic E-state index is 0.0245. The SMILES string of the molecule is O=C1C[C@H](c2ccccc2)[C@H]2[C@H](OCc3ccccc3)[C@@H](OCc3ccccc3)[C@H](COCc3ccccc3)N12. The molecule has 0 bridgehead atoms. The van der Waals surface area contributed by atoms with E-state index in [1.54, 1.807) is 0 Å². The van der Waals surface area contributed by atoms with Crippen molar-refractivity contribution in [2.75, 3.05) is 6.61 Å². The van der Waals surface area contributed by atoms with E-state index in [1.165, 1.54) is 0 Å². The van der Waals surface area contributed by atoms with Gasteiger partial charge in [0.1, 0.15) is 12.2 Å². The molecule has 2 aliphatic heterocycles. The van der Waals surface area contributed by atoms with Crippen molar-refractivity contribution >= 4 is 5.91 Å². The van der Waals surface area contributed by atoms with Gasteiger partial charge in [0.25, 0.3) is 0 Å². The average Bonchev–Trinajstić information content (AvgIpc) is 3.51. The Bertz CT molecular complexity index is 1350. The molecule has 0 N–H and O–H groups in total. The number of rotatable bonds is 11. The van der Waals surface area contributed by atoms with Crippen LogP contribution in [0, 0.1) is 0 Å². The summed E-state index contributed by atoms with van der Waals surface area (Å²) in [6.45, 7) is 1.75. The Hall–Kier alpha value is -3.77. The van der Waals surface area contributed by atoms with Gasteiger partial charge in [-0.3, -0.25) is 4.79 Å². The molecule has 204 valence electrons. The number of hydrogen-bond donors (Lipinski definition) is 0. The van der Waals surface area contributed by atoms with E-state index in [0.717, 1.165) is 22.3 Å². The van der Waals surface area contributed by atoms with Gasteiger partial charge in [-0.25, -0.2) is 0 Å². The lowest BCUT2D eigenvalue weighted by atomic mass is 9.88. The van der Waals surface area contributed by atoms with Gasteiger partial charge in [0.2, 0.25) is 5.91 Å². The molecule has 5 nitrogen and oxygen atoms in total. The normalized spacial score (nSPS) is 23.9. The fourth-order valence-electron chi connectivity index (χ4n) is 6.13. The van der Waals surface area contributed by atoms with Crippen LogP contribution in [0.5, 0.6) is 0 Å². The molecule has 40 heavy (non-hydrogen) atoms. The van der Waals surface area contributed by atoms with Gasteiger partial charge in [-0.15, -0.1) is 0 Å². The summed E-state index contributed by atoms with van der Waals surface area (Å²) in [4.78, 5) is 15.7. The molecule has 0 saturated carbocycles. The highest BCUT2D eigenvalue weighted by atomic mass is 16.5. The first kappa shape index (κ1) is 26.5. The van der Waals surface area contributed by atoms with Crippen LogP contribution in [0.15, 0.2) is 121 Å². The molecule has 2 aliphatic rings. The molecule has 1 amide bonds. The van der Waals surface area contributed by atoms with Crippen LogP contribution in [0.2, 0.25) is 0 Å². The Balaban J connectivity index is 1.30. The zero-order chi connectivity index (χ0) is 27.1. The Morgan fingerprint density at radius 2 is 1.07 bits per heavy atom. The van der Waals surface area contributed by atoms with E-state index in [2.05, 4.69) is 48.5 Å². The molecule has 0 unspecified atom stereocenters. The second kappa shape index (κ2) is 12.6. The fraction of sp³-hybridized carbons (Fsp3) is 0.286. The van der Waals surface area contributed by atoms with E-state index >= 15 is 0 Å². The molecular weight excluding hydrogens is 498 g/mol. The summed E-state index contributed by atoms with van der Waals surface area (Å²) in [5.74, 6) is 0.155. The summed E-state index contributed by atoms with van der Waals surface area (Å²) < 4.78 is 19.7. The van der Waals surface area contributed by atoms with Crippen LogP contribution in [0.25, 0.3) is 0 Å². The van der Waals surface area contributed by atoms with Crippen LogP contribution in [0.1, 0.15) is 34.6 Å². The summed E-state index contributed by atoms with van der Waals surface area (Å²) >= 11 is 0. The topological polar surface area (TPSA) is 48.0 Å². The first-order chi connectivity index (χ1) is 19.8. The lowest BCUT2D eigenvalue weighted by molar-refractivity contribution is -0.133. The van der Waals surface area contributed by atoms with Gasteiger partial charge in [0.15, 0.2) is 0 Å². The van der Waals surface area contributed by atoms with Gasteiger partial charge < -0.3 is 19.1 Å². The lowest BCUT2D eigenvalue weighted by Crippen LogP contribution is -2.43. The van der Waals surface area contributed by atoms with Gasteiger partial charge in [-0.05, 0) is 22.3 Å². The van der Waals surface area contributed by atoms with E-state index in [1.807, 2.05) is 77.7 Å². The third-order valence-electron chi connectivity index (χ3n) is 8.01. The van der Waals surface area contributed by atoms with Gasteiger partial charge >= 0.3 is 0 Å². The van der Waals surface area contributed by atoms with E-state index in [4.69, 9.17) is 14.2 Å². The Labute approximate surface area is 236 Å². The van der Waals surface area contributed by atoms with E-state index < -0.39 is 0 Å². The maximum atomic E-state index is 13.7. The number of benzene rings is 4. The van der Waals surface area contributed by atoms with Crippen LogP contribution < -0.4 is 0 Å². The summed E-state index contributed by atoms with van der Waals surface area (Å²) in [5, 5.41) is 0. The van der Waals surface area contributed by atoms with Gasteiger partial charge in [0.05, 0.1) is 38.5 Å². The predicted molar refractivity (Wildman–Crippen MR) is 154 cm³/mol. The highest BCUT2D eigenvalue weighted by molar-refractivity contribution is 5.82. The van der Waals surface area contributed by atoms with Crippen LogP contribution in [0.4, 0.5) is 0 Å². The molecule has 2 fully saturated rings. The summed E-state index contributed by atoms with van der Waals surface area (Å²) in [5.41, 5.74) is 4.45. The quantitative estimate of drug-likeness (QED) is 0.232. The molecule has 5 atom stereocenters. The molecule has 0 spiro atoms. The van der Waals surface area contributed by atoms with Crippen molar-refractivity contribution in [3.8, 4) is 0 Å². The predicted octanol–water partition coefficient (Wildman–Crippen LogP) is 6.14. The highest BCUT2D eigenvalue weighted by Gasteiger charge is 2.59. The number of fused-ring (bicyclic) bond motifs is 1. The minimum atomic E-state index is -0.333. The molecule has 4 aromatic rings. The van der Waals surface area contributed by atoms with E-state index in [0.29, 0.717) is 32.8 Å². The number of amides is 1. The van der Waals surface area contributed by atoms with Gasteiger partial charge in [-0.2, -0.15) is 0 Å². The van der Waals surface area contributed by atoms with Crippen molar-refractivity contribution in [2.24, 2.45) is 0 Å². The maximum absolute atomic E-state index is 13.7. The second-order valence-electron chi connectivity index (χ2n) is 10.6. The standard InChI is InChI=1S/C35H35NO4/c37-32-21-30(29-19-11-4-12-20-29)33-35(40-24-28-17-9-3-10-18-28)34(39-23-27-15-7-2-8-16-27)31(36(32)33)25-38-22-26-13-5-1-6-14-26/h1-20,30-31,33-35H,21-25H2/t30-,31+,33+,34+,35+/m1/s1. The fourth-order valence-corrected chi connectivity index (χ4v) is 6.13. The first-order valence-corrected chi connectivity index (χ1v) is 14.1. The Morgan fingerprint density at radius 3 is 1.62 bits per heavy atom. The minimum Gasteiger partial charge on any atom is -0.375 e. The molecule has 0 aromatic heterocycles. The summed E-state index contributed by atoms with van der Waals surface area (Å²) in [7, 11) is 0. The molecular formula is C35H35NO4. The number of ether oxygens (including phenoxy) is 3.